The molecule has 2 heteroatoms. The van der Waals surface area contributed by atoms with Gasteiger partial charge in [-0.1, -0.05) is 0 Å². The molecule has 1 aliphatic rings. The fourth-order valence-electron chi connectivity index (χ4n) is 1.78. The Bertz CT molecular complexity index is 114. The zero-order valence-electron chi connectivity index (χ0n) is 7.58. The Balaban J connectivity index is 2.15. The maximum atomic E-state index is 9.08. The topological polar surface area (TPSA) is 23.5 Å². The third kappa shape index (κ3) is 2.80. The van der Waals surface area contributed by atoms with E-state index in [2.05, 4.69) is 11.9 Å². The normalized spacial score (nSPS) is 29.2. The molecule has 0 aromatic carbocycles. The summed E-state index contributed by atoms with van der Waals surface area (Å²) >= 11 is 0. The first kappa shape index (κ1) is 9.01. The average molecular weight is 157 g/mol. The van der Waals surface area contributed by atoms with Gasteiger partial charge in [0.15, 0.2) is 0 Å². The van der Waals surface area contributed by atoms with Crippen LogP contribution in [-0.2, 0) is 0 Å². The van der Waals surface area contributed by atoms with Crippen molar-refractivity contribution in [2.45, 2.75) is 44.8 Å². The lowest BCUT2D eigenvalue weighted by Crippen LogP contribution is -2.25. The van der Waals surface area contributed by atoms with Crippen LogP contribution in [0, 0.1) is 0 Å². The van der Waals surface area contributed by atoms with E-state index in [1.807, 2.05) is 6.92 Å². The van der Waals surface area contributed by atoms with E-state index in [0.717, 1.165) is 18.9 Å². The molecule has 0 aliphatic carbocycles. The second kappa shape index (κ2) is 4.07. The molecule has 11 heavy (non-hydrogen) atoms. The average Bonchev–Trinajstić information content (AvgIpc) is 2.31. The molecule has 1 heterocycles. The zero-order chi connectivity index (χ0) is 8.27. The molecule has 0 spiro atoms. The minimum absolute atomic E-state index is 0.121. The summed E-state index contributed by atoms with van der Waals surface area (Å²) in [6, 6.07) is 0.740. The van der Waals surface area contributed by atoms with E-state index in [1.54, 1.807) is 0 Å². The largest absolute Gasteiger partial charge is 0.393 e. The Morgan fingerprint density at radius 2 is 2.36 bits per heavy atom. The highest BCUT2D eigenvalue weighted by Gasteiger charge is 2.20. The van der Waals surface area contributed by atoms with Crippen molar-refractivity contribution in [1.29, 1.82) is 0 Å². The third-order valence-electron chi connectivity index (χ3n) is 2.59. The molecule has 0 amide bonds. The molecule has 0 saturated carbocycles. The summed E-state index contributed by atoms with van der Waals surface area (Å²) in [6.07, 6.45) is 4.65. The van der Waals surface area contributed by atoms with E-state index in [1.165, 1.54) is 19.4 Å². The van der Waals surface area contributed by atoms with Crippen LogP contribution in [0.15, 0.2) is 0 Å². The van der Waals surface area contributed by atoms with Crippen molar-refractivity contribution in [3.8, 4) is 0 Å². The van der Waals surface area contributed by atoms with E-state index in [4.69, 9.17) is 5.11 Å². The minimum atomic E-state index is -0.121. The molecular weight excluding hydrogens is 138 g/mol. The zero-order valence-corrected chi connectivity index (χ0v) is 7.58. The highest BCUT2D eigenvalue weighted by Crippen LogP contribution is 2.19. The number of rotatable bonds is 3. The molecule has 0 aromatic heterocycles. The molecular formula is C9H19NO. The van der Waals surface area contributed by atoms with Gasteiger partial charge in [-0.25, -0.2) is 0 Å². The number of aliphatic hydroxyl groups is 1. The summed E-state index contributed by atoms with van der Waals surface area (Å²) in [5.74, 6) is 0. The molecule has 1 N–H and O–H groups in total. The third-order valence-corrected chi connectivity index (χ3v) is 2.59. The van der Waals surface area contributed by atoms with Crippen LogP contribution in [0.5, 0.6) is 0 Å². The van der Waals surface area contributed by atoms with E-state index < -0.39 is 0 Å². The highest BCUT2D eigenvalue weighted by atomic mass is 16.3. The van der Waals surface area contributed by atoms with Gasteiger partial charge < -0.3 is 10.0 Å². The molecule has 0 bridgehead atoms. The van der Waals surface area contributed by atoms with Crippen LogP contribution in [0.3, 0.4) is 0 Å². The maximum Gasteiger partial charge on any atom is 0.0512 e. The quantitative estimate of drug-likeness (QED) is 0.666. The summed E-state index contributed by atoms with van der Waals surface area (Å²) in [6.45, 7) is 3.11. The Hall–Kier alpha value is -0.0800. The molecule has 1 aliphatic heterocycles. The SMILES string of the molecule is C[C@H](O)CC[C@H]1CCCN1C. The van der Waals surface area contributed by atoms with Gasteiger partial charge in [0.2, 0.25) is 0 Å². The van der Waals surface area contributed by atoms with Crippen molar-refractivity contribution >= 4 is 0 Å². The maximum absolute atomic E-state index is 9.08. The van der Waals surface area contributed by atoms with Crippen LogP contribution in [0.4, 0.5) is 0 Å². The van der Waals surface area contributed by atoms with Crippen LogP contribution in [-0.4, -0.2) is 35.7 Å². The van der Waals surface area contributed by atoms with E-state index >= 15 is 0 Å². The van der Waals surface area contributed by atoms with Crippen molar-refractivity contribution in [2.24, 2.45) is 0 Å². The predicted molar refractivity (Wildman–Crippen MR) is 46.6 cm³/mol. The standard InChI is InChI=1S/C9H19NO/c1-8(11)5-6-9-4-3-7-10(9)2/h8-9,11H,3-7H2,1-2H3/t8-,9+/m0/s1. The second-order valence-corrected chi connectivity index (χ2v) is 3.70. The monoisotopic (exact) mass is 157 g/mol. The van der Waals surface area contributed by atoms with Crippen molar-refractivity contribution in [1.82, 2.24) is 4.90 Å². The van der Waals surface area contributed by atoms with Gasteiger partial charge in [0.1, 0.15) is 0 Å². The summed E-state index contributed by atoms with van der Waals surface area (Å²) in [7, 11) is 2.18. The summed E-state index contributed by atoms with van der Waals surface area (Å²) < 4.78 is 0. The van der Waals surface area contributed by atoms with Crippen LogP contribution >= 0.6 is 0 Å². The van der Waals surface area contributed by atoms with Gasteiger partial charge in [-0.2, -0.15) is 0 Å². The molecule has 66 valence electrons. The summed E-state index contributed by atoms with van der Waals surface area (Å²) in [5.41, 5.74) is 0. The van der Waals surface area contributed by atoms with E-state index in [-0.39, 0.29) is 6.10 Å². The molecule has 0 radical (unpaired) electrons. The van der Waals surface area contributed by atoms with Crippen LogP contribution < -0.4 is 0 Å². The van der Waals surface area contributed by atoms with Crippen molar-refractivity contribution in [3.05, 3.63) is 0 Å². The highest BCUT2D eigenvalue weighted by molar-refractivity contribution is 4.76. The lowest BCUT2D eigenvalue weighted by molar-refractivity contribution is 0.165. The molecule has 1 saturated heterocycles. The summed E-state index contributed by atoms with van der Waals surface area (Å²) in [5, 5.41) is 9.08. The first-order chi connectivity index (χ1) is 5.20. The van der Waals surface area contributed by atoms with Gasteiger partial charge >= 0.3 is 0 Å². The van der Waals surface area contributed by atoms with Gasteiger partial charge in [-0.05, 0) is 46.2 Å². The van der Waals surface area contributed by atoms with Gasteiger partial charge in [-0.15, -0.1) is 0 Å². The minimum Gasteiger partial charge on any atom is -0.393 e. The van der Waals surface area contributed by atoms with Crippen LogP contribution in [0.2, 0.25) is 0 Å². The van der Waals surface area contributed by atoms with Crippen molar-refractivity contribution in [2.75, 3.05) is 13.6 Å². The van der Waals surface area contributed by atoms with Gasteiger partial charge in [0.05, 0.1) is 6.10 Å². The van der Waals surface area contributed by atoms with Gasteiger partial charge in [-0.3, -0.25) is 0 Å². The van der Waals surface area contributed by atoms with Crippen molar-refractivity contribution in [3.63, 3.8) is 0 Å². The number of hydrogen-bond acceptors (Lipinski definition) is 2. The smallest absolute Gasteiger partial charge is 0.0512 e. The molecule has 1 rings (SSSR count). The second-order valence-electron chi connectivity index (χ2n) is 3.70. The Labute approximate surface area is 69.2 Å². The predicted octanol–water partition coefficient (Wildman–Crippen LogP) is 1.24. The lowest BCUT2D eigenvalue weighted by Gasteiger charge is -2.19. The molecule has 1 fully saturated rings. The number of hydrogen-bond donors (Lipinski definition) is 1. The lowest BCUT2D eigenvalue weighted by atomic mass is 10.1. The van der Waals surface area contributed by atoms with Gasteiger partial charge in [0, 0.05) is 6.04 Å². The molecule has 2 atom stereocenters. The van der Waals surface area contributed by atoms with Crippen LogP contribution in [0.25, 0.3) is 0 Å². The molecule has 0 aromatic rings. The Kier molecular flexibility index (Phi) is 3.34. The van der Waals surface area contributed by atoms with Crippen molar-refractivity contribution < 1.29 is 5.11 Å². The van der Waals surface area contributed by atoms with E-state index in [0.29, 0.717) is 0 Å². The van der Waals surface area contributed by atoms with E-state index in [9.17, 15) is 0 Å². The molecule has 2 nitrogen and oxygen atoms in total. The fourth-order valence-corrected chi connectivity index (χ4v) is 1.78. The fraction of sp³-hybridized carbons (Fsp3) is 1.00. The molecule has 0 unspecified atom stereocenters. The Morgan fingerprint density at radius 3 is 2.82 bits per heavy atom. The first-order valence-corrected chi connectivity index (χ1v) is 4.58. The Morgan fingerprint density at radius 1 is 1.64 bits per heavy atom. The number of nitrogens with zero attached hydrogens (tertiary/aromatic N) is 1. The first-order valence-electron chi connectivity index (χ1n) is 4.58. The van der Waals surface area contributed by atoms with Gasteiger partial charge in [0.25, 0.3) is 0 Å². The number of likely N-dealkylation sites (tertiary alicyclic amines) is 1. The summed E-state index contributed by atoms with van der Waals surface area (Å²) in [4.78, 5) is 2.41. The number of aliphatic hydroxyl groups excluding tert-OH is 1. The van der Waals surface area contributed by atoms with Crippen LogP contribution in [0.1, 0.15) is 32.6 Å².